The Labute approximate surface area is 126 Å². The monoisotopic (exact) mass is 310 g/mol. The zero-order valence-corrected chi connectivity index (χ0v) is 12.6. The first kappa shape index (κ1) is 15.1. The Balaban J connectivity index is 2.26. The number of nitrogens with zero attached hydrogens (tertiary/aromatic N) is 2. The van der Waals surface area contributed by atoms with Gasteiger partial charge in [-0.1, -0.05) is 18.5 Å². The number of ether oxygens (including phenoxy) is 2. The van der Waals surface area contributed by atoms with Gasteiger partial charge in [0.25, 0.3) is 5.91 Å². The number of benzene rings is 1. The Morgan fingerprint density at radius 1 is 1.33 bits per heavy atom. The highest BCUT2D eigenvalue weighted by Crippen LogP contribution is 2.35. The average Bonchev–Trinajstić information content (AvgIpc) is 2.96. The van der Waals surface area contributed by atoms with Crippen molar-refractivity contribution in [3.05, 3.63) is 28.8 Å². The number of nitrogens with one attached hydrogen (secondary N) is 2. The lowest BCUT2D eigenvalue weighted by atomic mass is 10.2. The molecule has 0 atom stereocenters. The Bertz CT molecular complexity index is 657. The molecule has 0 saturated heterocycles. The van der Waals surface area contributed by atoms with Gasteiger partial charge in [-0.05, 0) is 6.07 Å². The molecule has 0 fully saturated rings. The van der Waals surface area contributed by atoms with Crippen molar-refractivity contribution in [2.75, 3.05) is 19.5 Å². The van der Waals surface area contributed by atoms with Gasteiger partial charge < -0.3 is 14.8 Å². The molecule has 0 radical (unpaired) electrons. The molecule has 1 heterocycles. The number of aromatic nitrogens is 3. The van der Waals surface area contributed by atoms with E-state index in [1.54, 1.807) is 12.1 Å². The topological polar surface area (TPSA) is 89.1 Å². The number of aromatic amines is 1. The van der Waals surface area contributed by atoms with Crippen LogP contribution in [0.3, 0.4) is 0 Å². The van der Waals surface area contributed by atoms with E-state index in [2.05, 4.69) is 20.5 Å². The molecule has 1 amide bonds. The quantitative estimate of drug-likeness (QED) is 0.884. The van der Waals surface area contributed by atoms with Crippen molar-refractivity contribution in [2.45, 2.75) is 13.3 Å². The Morgan fingerprint density at radius 2 is 2.05 bits per heavy atom. The predicted molar refractivity (Wildman–Crippen MR) is 78.3 cm³/mol. The number of amides is 1. The van der Waals surface area contributed by atoms with Crippen LogP contribution in [0.2, 0.25) is 5.02 Å². The third-order valence-corrected chi connectivity index (χ3v) is 3.09. The zero-order chi connectivity index (χ0) is 15.4. The molecule has 1 aromatic heterocycles. The summed E-state index contributed by atoms with van der Waals surface area (Å²) in [5, 5.41) is 9.55. The van der Waals surface area contributed by atoms with Crippen LogP contribution in [-0.2, 0) is 6.42 Å². The van der Waals surface area contributed by atoms with E-state index in [4.69, 9.17) is 21.1 Å². The first-order chi connectivity index (χ1) is 10.1. The molecular formula is C13H15ClN4O3. The van der Waals surface area contributed by atoms with Crippen LogP contribution in [0.4, 0.5) is 5.69 Å². The van der Waals surface area contributed by atoms with Gasteiger partial charge in [-0.3, -0.25) is 9.89 Å². The Hall–Kier alpha value is -2.28. The van der Waals surface area contributed by atoms with Crippen molar-refractivity contribution in [2.24, 2.45) is 0 Å². The molecular weight excluding hydrogens is 296 g/mol. The molecule has 0 unspecified atom stereocenters. The fourth-order valence-electron chi connectivity index (χ4n) is 1.69. The van der Waals surface area contributed by atoms with Crippen LogP contribution >= 0.6 is 11.6 Å². The normalized spacial score (nSPS) is 10.3. The Kier molecular flexibility index (Phi) is 4.64. The molecule has 21 heavy (non-hydrogen) atoms. The highest BCUT2D eigenvalue weighted by molar-refractivity contribution is 6.32. The van der Waals surface area contributed by atoms with Gasteiger partial charge >= 0.3 is 0 Å². The van der Waals surface area contributed by atoms with Gasteiger partial charge in [0.05, 0.1) is 24.9 Å². The number of methoxy groups -OCH3 is 2. The molecule has 2 aromatic rings. The van der Waals surface area contributed by atoms with Crippen LogP contribution in [0.15, 0.2) is 12.1 Å². The molecule has 0 aliphatic carbocycles. The van der Waals surface area contributed by atoms with Gasteiger partial charge in [0, 0.05) is 12.5 Å². The minimum Gasteiger partial charge on any atom is -0.495 e. The lowest BCUT2D eigenvalue weighted by Gasteiger charge is -2.12. The number of anilines is 1. The second kappa shape index (κ2) is 6.45. The van der Waals surface area contributed by atoms with E-state index >= 15 is 0 Å². The molecule has 0 saturated carbocycles. The minimum absolute atomic E-state index is 0.0563. The number of hydrogen-bond donors (Lipinski definition) is 2. The van der Waals surface area contributed by atoms with Crippen molar-refractivity contribution in [1.29, 1.82) is 0 Å². The SMILES string of the molecule is CCc1nc(C(=O)Nc2cc(Cl)c(OC)cc2OC)n[nH]1. The molecule has 0 aliphatic rings. The summed E-state index contributed by atoms with van der Waals surface area (Å²) in [4.78, 5) is 16.2. The standard InChI is InChI=1S/C13H15ClN4O3/c1-4-11-16-12(18-17-11)13(19)15-8-5-7(14)9(20-2)6-10(8)21-3/h5-6H,4H2,1-3H3,(H,15,19)(H,16,17,18). The second-order valence-corrected chi connectivity index (χ2v) is 4.51. The van der Waals surface area contributed by atoms with E-state index in [-0.39, 0.29) is 5.82 Å². The number of hydrogen-bond acceptors (Lipinski definition) is 5. The molecule has 8 heteroatoms. The van der Waals surface area contributed by atoms with E-state index in [0.29, 0.717) is 34.5 Å². The summed E-state index contributed by atoms with van der Waals surface area (Å²) in [6.07, 6.45) is 0.665. The van der Waals surface area contributed by atoms with E-state index in [9.17, 15) is 4.79 Å². The van der Waals surface area contributed by atoms with Crippen molar-refractivity contribution in [3.63, 3.8) is 0 Å². The van der Waals surface area contributed by atoms with E-state index in [1.165, 1.54) is 14.2 Å². The summed E-state index contributed by atoms with van der Waals surface area (Å²) in [5.41, 5.74) is 0.413. The van der Waals surface area contributed by atoms with Crippen molar-refractivity contribution in [1.82, 2.24) is 15.2 Å². The molecule has 2 rings (SSSR count). The number of halogens is 1. The van der Waals surface area contributed by atoms with E-state index in [1.807, 2.05) is 6.92 Å². The van der Waals surface area contributed by atoms with Gasteiger partial charge in [-0.25, -0.2) is 4.98 Å². The lowest BCUT2D eigenvalue weighted by Crippen LogP contribution is -2.14. The summed E-state index contributed by atoms with van der Waals surface area (Å²) < 4.78 is 10.3. The molecule has 0 bridgehead atoms. The van der Waals surface area contributed by atoms with Gasteiger partial charge in [-0.15, -0.1) is 5.10 Å². The van der Waals surface area contributed by atoms with Crippen LogP contribution in [0, 0.1) is 0 Å². The van der Waals surface area contributed by atoms with Crippen LogP contribution in [0.5, 0.6) is 11.5 Å². The molecule has 2 N–H and O–H groups in total. The van der Waals surface area contributed by atoms with Crippen molar-refractivity contribution in [3.8, 4) is 11.5 Å². The number of rotatable bonds is 5. The number of carbonyl (C=O) groups excluding carboxylic acids is 1. The third-order valence-electron chi connectivity index (χ3n) is 2.79. The first-order valence-corrected chi connectivity index (χ1v) is 6.61. The smallest absolute Gasteiger partial charge is 0.295 e. The van der Waals surface area contributed by atoms with Crippen LogP contribution in [0.25, 0.3) is 0 Å². The molecule has 7 nitrogen and oxygen atoms in total. The van der Waals surface area contributed by atoms with Crippen molar-refractivity contribution >= 4 is 23.2 Å². The Morgan fingerprint density at radius 3 is 2.62 bits per heavy atom. The van der Waals surface area contributed by atoms with Gasteiger partial charge in [0.15, 0.2) is 0 Å². The van der Waals surface area contributed by atoms with Gasteiger partial charge in [0.1, 0.15) is 17.3 Å². The molecule has 1 aromatic carbocycles. The summed E-state index contributed by atoms with van der Waals surface area (Å²) in [7, 11) is 2.99. The first-order valence-electron chi connectivity index (χ1n) is 6.23. The third kappa shape index (κ3) is 3.25. The molecule has 0 spiro atoms. The van der Waals surface area contributed by atoms with Crippen LogP contribution in [-0.4, -0.2) is 35.3 Å². The van der Waals surface area contributed by atoms with Gasteiger partial charge in [0.2, 0.25) is 5.82 Å². The highest BCUT2D eigenvalue weighted by atomic mass is 35.5. The average molecular weight is 311 g/mol. The van der Waals surface area contributed by atoms with Crippen LogP contribution < -0.4 is 14.8 Å². The fourth-order valence-corrected chi connectivity index (χ4v) is 1.93. The van der Waals surface area contributed by atoms with Crippen LogP contribution in [0.1, 0.15) is 23.4 Å². The summed E-state index contributed by atoms with van der Waals surface area (Å²) >= 11 is 6.05. The van der Waals surface area contributed by atoms with Gasteiger partial charge in [-0.2, -0.15) is 0 Å². The predicted octanol–water partition coefficient (Wildman–Crippen LogP) is 2.29. The second-order valence-electron chi connectivity index (χ2n) is 4.10. The number of H-pyrrole nitrogens is 1. The maximum atomic E-state index is 12.1. The van der Waals surface area contributed by atoms with E-state index in [0.717, 1.165) is 0 Å². The summed E-state index contributed by atoms with van der Waals surface area (Å²) in [5.74, 6) is 1.12. The summed E-state index contributed by atoms with van der Waals surface area (Å²) in [6, 6.07) is 3.14. The maximum absolute atomic E-state index is 12.1. The van der Waals surface area contributed by atoms with E-state index < -0.39 is 5.91 Å². The largest absolute Gasteiger partial charge is 0.495 e. The molecule has 112 valence electrons. The fraction of sp³-hybridized carbons (Fsp3) is 0.308. The molecule has 0 aliphatic heterocycles. The maximum Gasteiger partial charge on any atom is 0.295 e. The number of carbonyl (C=O) groups is 1. The zero-order valence-electron chi connectivity index (χ0n) is 11.9. The minimum atomic E-state index is -0.453. The lowest BCUT2D eigenvalue weighted by molar-refractivity contribution is 0.101. The summed E-state index contributed by atoms with van der Waals surface area (Å²) in [6.45, 7) is 1.91. The highest BCUT2D eigenvalue weighted by Gasteiger charge is 2.16. The van der Waals surface area contributed by atoms with Crippen molar-refractivity contribution < 1.29 is 14.3 Å². The number of aryl methyl sites for hydroxylation is 1.